The molecule has 0 aliphatic carbocycles. The van der Waals surface area contributed by atoms with E-state index < -0.39 is 10.0 Å². The fourth-order valence-corrected chi connectivity index (χ4v) is 5.35. The summed E-state index contributed by atoms with van der Waals surface area (Å²) in [5.41, 5.74) is -0.141. The zero-order valence-corrected chi connectivity index (χ0v) is 18.1. The van der Waals surface area contributed by atoms with E-state index >= 15 is 0 Å². The van der Waals surface area contributed by atoms with E-state index in [1.54, 1.807) is 42.4 Å². The van der Waals surface area contributed by atoms with Crippen LogP contribution >= 0.6 is 0 Å². The predicted molar refractivity (Wildman–Crippen MR) is 119 cm³/mol. The molecule has 1 saturated heterocycles. The number of sulfonamides is 1. The van der Waals surface area contributed by atoms with Gasteiger partial charge in [0.15, 0.2) is 0 Å². The fourth-order valence-electron chi connectivity index (χ4n) is 4.01. The average molecular weight is 440 g/mol. The average Bonchev–Trinajstić information content (AvgIpc) is 2.79. The van der Waals surface area contributed by atoms with Crippen LogP contribution in [0.4, 0.5) is 0 Å². The summed E-state index contributed by atoms with van der Waals surface area (Å²) in [6.45, 7) is 1.32. The summed E-state index contributed by atoms with van der Waals surface area (Å²) < 4.78 is 29.9. The van der Waals surface area contributed by atoms with Crippen LogP contribution in [0.3, 0.4) is 0 Å². The van der Waals surface area contributed by atoms with Gasteiger partial charge in [-0.05, 0) is 42.3 Å². The first-order valence-electron chi connectivity index (χ1n) is 10.3. The van der Waals surface area contributed by atoms with Gasteiger partial charge in [-0.3, -0.25) is 9.59 Å². The highest BCUT2D eigenvalue weighted by molar-refractivity contribution is 7.89. The molecule has 0 unspecified atom stereocenters. The third-order valence-corrected chi connectivity index (χ3v) is 7.34. The van der Waals surface area contributed by atoms with Gasteiger partial charge < -0.3 is 9.47 Å². The number of hydrogen-bond donors (Lipinski definition) is 1. The number of hydrogen-bond acceptors (Lipinski definition) is 4. The number of benzene rings is 2. The van der Waals surface area contributed by atoms with Crippen molar-refractivity contribution < 1.29 is 13.2 Å². The number of aromatic nitrogens is 1. The molecule has 1 aliphatic heterocycles. The second kappa shape index (κ2) is 8.64. The number of rotatable bonds is 5. The number of fused-ring (bicyclic) bond motifs is 1. The Morgan fingerprint density at radius 1 is 1.03 bits per heavy atom. The number of piperidine rings is 1. The molecule has 3 aromatic rings. The van der Waals surface area contributed by atoms with E-state index in [0.29, 0.717) is 37.9 Å². The third-order valence-electron chi connectivity index (χ3n) is 5.86. The van der Waals surface area contributed by atoms with Gasteiger partial charge in [-0.15, -0.1) is 0 Å². The van der Waals surface area contributed by atoms with E-state index in [9.17, 15) is 18.0 Å². The van der Waals surface area contributed by atoms with Crippen molar-refractivity contribution in [2.75, 3.05) is 19.6 Å². The standard InChI is InChI=1S/C23H25N3O4S/c1-25-13-5-9-20(22(25)27)23(28)26-14-11-17(12-15-26)16-24-31(29,30)21-10-4-7-18-6-2-3-8-19(18)21/h2-10,13,17,24H,11-12,14-16H2,1H3. The van der Waals surface area contributed by atoms with Crippen LogP contribution in [0.25, 0.3) is 10.8 Å². The first kappa shape index (κ1) is 21.3. The monoisotopic (exact) mass is 439 g/mol. The molecule has 0 atom stereocenters. The number of likely N-dealkylation sites (tertiary alicyclic amines) is 1. The number of nitrogens with one attached hydrogen (secondary N) is 1. The molecule has 1 fully saturated rings. The minimum absolute atomic E-state index is 0.132. The Morgan fingerprint density at radius 2 is 1.74 bits per heavy atom. The summed E-state index contributed by atoms with van der Waals surface area (Å²) in [6.07, 6.45) is 2.97. The lowest BCUT2D eigenvalue weighted by Gasteiger charge is -2.32. The lowest BCUT2D eigenvalue weighted by molar-refractivity contribution is 0.0689. The van der Waals surface area contributed by atoms with Crippen molar-refractivity contribution in [2.45, 2.75) is 17.7 Å². The van der Waals surface area contributed by atoms with E-state index in [4.69, 9.17) is 0 Å². The predicted octanol–water partition coefficient (Wildman–Crippen LogP) is 2.37. The number of amides is 1. The van der Waals surface area contributed by atoms with Crippen molar-refractivity contribution in [3.63, 3.8) is 0 Å². The van der Waals surface area contributed by atoms with Crippen molar-refractivity contribution in [3.8, 4) is 0 Å². The SMILES string of the molecule is Cn1cccc(C(=O)N2CCC(CNS(=O)(=O)c3cccc4ccccc34)CC2)c1=O. The number of pyridine rings is 1. The second-order valence-corrected chi connectivity index (χ2v) is 9.64. The van der Waals surface area contributed by atoms with Crippen LogP contribution in [-0.4, -0.2) is 43.4 Å². The normalized spacial score (nSPS) is 15.3. The zero-order valence-electron chi connectivity index (χ0n) is 17.3. The van der Waals surface area contributed by atoms with Gasteiger partial charge in [0.2, 0.25) is 10.0 Å². The van der Waals surface area contributed by atoms with Crippen LogP contribution in [0.1, 0.15) is 23.2 Å². The molecular formula is C23H25N3O4S. The van der Waals surface area contributed by atoms with Gasteiger partial charge in [0.25, 0.3) is 11.5 Å². The molecule has 1 aromatic heterocycles. The minimum atomic E-state index is -3.64. The summed E-state index contributed by atoms with van der Waals surface area (Å²) >= 11 is 0. The van der Waals surface area contributed by atoms with Gasteiger partial charge in [-0.25, -0.2) is 13.1 Å². The molecular weight excluding hydrogens is 414 g/mol. The third kappa shape index (κ3) is 4.40. The Kier molecular flexibility index (Phi) is 5.93. The molecule has 8 heteroatoms. The van der Waals surface area contributed by atoms with Crippen LogP contribution in [0.2, 0.25) is 0 Å². The van der Waals surface area contributed by atoms with Gasteiger partial charge in [0, 0.05) is 38.3 Å². The molecule has 1 N–H and O–H groups in total. The molecule has 2 aromatic carbocycles. The summed E-state index contributed by atoms with van der Waals surface area (Å²) in [4.78, 5) is 26.9. The Hall–Kier alpha value is -2.97. The molecule has 4 rings (SSSR count). The van der Waals surface area contributed by atoms with E-state index in [0.717, 1.165) is 5.39 Å². The molecule has 0 spiro atoms. The van der Waals surface area contributed by atoms with Gasteiger partial charge in [-0.1, -0.05) is 36.4 Å². The fraction of sp³-hybridized carbons (Fsp3) is 0.304. The lowest BCUT2D eigenvalue weighted by Crippen LogP contribution is -2.43. The highest BCUT2D eigenvalue weighted by Gasteiger charge is 2.26. The van der Waals surface area contributed by atoms with E-state index in [1.807, 2.05) is 30.3 Å². The van der Waals surface area contributed by atoms with Crippen LogP contribution < -0.4 is 10.3 Å². The summed E-state index contributed by atoms with van der Waals surface area (Å²) in [7, 11) is -2.03. The van der Waals surface area contributed by atoms with Crippen LogP contribution in [0.5, 0.6) is 0 Å². The molecule has 0 saturated carbocycles. The number of carbonyl (C=O) groups is 1. The summed E-state index contributed by atoms with van der Waals surface area (Å²) in [5.74, 6) is -0.136. The van der Waals surface area contributed by atoms with Crippen molar-refractivity contribution >= 4 is 26.7 Å². The maximum absolute atomic E-state index is 12.9. The maximum atomic E-state index is 12.9. The largest absolute Gasteiger partial charge is 0.338 e. The Morgan fingerprint density at radius 3 is 2.52 bits per heavy atom. The molecule has 0 radical (unpaired) electrons. The van der Waals surface area contributed by atoms with Crippen molar-refractivity contribution in [3.05, 3.63) is 76.7 Å². The lowest BCUT2D eigenvalue weighted by atomic mass is 9.97. The second-order valence-electron chi connectivity index (χ2n) is 7.90. The van der Waals surface area contributed by atoms with E-state index in [-0.39, 0.29) is 27.8 Å². The molecule has 1 aliphatic rings. The molecule has 0 bridgehead atoms. The number of carbonyl (C=O) groups excluding carboxylic acids is 1. The molecule has 162 valence electrons. The topological polar surface area (TPSA) is 88.5 Å². The molecule has 7 nitrogen and oxygen atoms in total. The first-order chi connectivity index (χ1) is 14.9. The maximum Gasteiger partial charge on any atom is 0.263 e. The summed E-state index contributed by atoms with van der Waals surface area (Å²) in [6, 6.07) is 15.9. The van der Waals surface area contributed by atoms with Crippen molar-refractivity contribution in [1.82, 2.24) is 14.2 Å². The number of aryl methyl sites for hydroxylation is 1. The van der Waals surface area contributed by atoms with E-state index in [1.165, 1.54) is 4.57 Å². The Labute approximate surface area is 181 Å². The summed E-state index contributed by atoms with van der Waals surface area (Å²) in [5, 5.41) is 1.58. The first-order valence-corrected chi connectivity index (χ1v) is 11.8. The zero-order chi connectivity index (χ0) is 22.0. The van der Waals surface area contributed by atoms with Gasteiger partial charge in [0.1, 0.15) is 5.56 Å². The highest BCUT2D eigenvalue weighted by atomic mass is 32.2. The number of nitrogens with zero attached hydrogens (tertiary/aromatic N) is 2. The van der Waals surface area contributed by atoms with Gasteiger partial charge in [0.05, 0.1) is 4.90 Å². The van der Waals surface area contributed by atoms with Crippen LogP contribution in [0.15, 0.2) is 70.5 Å². The molecule has 31 heavy (non-hydrogen) atoms. The van der Waals surface area contributed by atoms with Crippen molar-refractivity contribution in [1.29, 1.82) is 0 Å². The van der Waals surface area contributed by atoms with E-state index in [2.05, 4.69) is 4.72 Å². The highest BCUT2D eigenvalue weighted by Crippen LogP contribution is 2.24. The Bertz CT molecular complexity index is 1270. The van der Waals surface area contributed by atoms with Crippen LogP contribution in [-0.2, 0) is 17.1 Å². The smallest absolute Gasteiger partial charge is 0.263 e. The molecule has 1 amide bonds. The Balaban J connectivity index is 1.38. The van der Waals surface area contributed by atoms with Gasteiger partial charge >= 0.3 is 0 Å². The van der Waals surface area contributed by atoms with Crippen LogP contribution in [0, 0.1) is 5.92 Å². The quantitative estimate of drug-likeness (QED) is 0.661. The minimum Gasteiger partial charge on any atom is -0.338 e. The van der Waals surface area contributed by atoms with Crippen molar-refractivity contribution in [2.24, 2.45) is 13.0 Å². The van der Waals surface area contributed by atoms with Gasteiger partial charge in [-0.2, -0.15) is 0 Å². The molecule has 2 heterocycles.